The highest BCUT2D eigenvalue weighted by molar-refractivity contribution is 5.91. The number of amides is 1. The zero-order valence-electron chi connectivity index (χ0n) is 20.5. The SMILES string of the molecule is Cc1ccc(C)c(OCCCn2c(CCCNC(=O)/C=C/c3ccccc3)nc3ccccc32)c1. The maximum Gasteiger partial charge on any atom is 0.243 e. The van der Waals surface area contributed by atoms with Crippen molar-refractivity contribution in [2.75, 3.05) is 13.2 Å². The summed E-state index contributed by atoms with van der Waals surface area (Å²) in [6, 6.07) is 24.4. The molecule has 0 unspecified atom stereocenters. The minimum atomic E-state index is -0.0778. The van der Waals surface area contributed by atoms with Crippen molar-refractivity contribution in [1.29, 1.82) is 0 Å². The van der Waals surface area contributed by atoms with Crippen LogP contribution in [0.15, 0.2) is 78.9 Å². The number of nitrogens with one attached hydrogen (secondary N) is 1. The van der Waals surface area contributed by atoms with Gasteiger partial charge in [-0.15, -0.1) is 0 Å². The van der Waals surface area contributed by atoms with Crippen LogP contribution in [0.4, 0.5) is 0 Å². The van der Waals surface area contributed by atoms with Crippen molar-refractivity contribution >= 4 is 23.0 Å². The Morgan fingerprint density at radius 3 is 2.66 bits per heavy atom. The molecule has 0 saturated carbocycles. The number of nitrogens with zero attached hydrogens (tertiary/aromatic N) is 2. The fourth-order valence-electron chi connectivity index (χ4n) is 4.09. The van der Waals surface area contributed by atoms with Gasteiger partial charge in [-0.1, -0.05) is 54.6 Å². The monoisotopic (exact) mass is 467 g/mol. The van der Waals surface area contributed by atoms with Crippen LogP contribution in [0.5, 0.6) is 5.75 Å². The summed E-state index contributed by atoms with van der Waals surface area (Å²) in [6.07, 6.45) is 5.93. The molecule has 0 aliphatic heterocycles. The molecule has 0 atom stereocenters. The van der Waals surface area contributed by atoms with Gasteiger partial charge in [0.15, 0.2) is 0 Å². The molecule has 0 saturated heterocycles. The normalized spacial score (nSPS) is 11.3. The number of benzene rings is 3. The number of ether oxygens (including phenoxy) is 1. The Bertz CT molecular complexity index is 1290. The molecule has 3 aromatic carbocycles. The number of fused-ring (bicyclic) bond motifs is 1. The first-order chi connectivity index (χ1) is 17.1. The highest BCUT2D eigenvalue weighted by atomic mass is 16.5. The van der Waals surface area contributed by atoms with Gasteiger partial charge in [0.2, 0.25) is 5.91 Å². The molecule has 0 fully saturated rings. The fourth-order valence-corrected chi connectivity index (χ4v) is 4.09. The fraction of sp³-hybridized carbons (Fsp3) is 0.267. The number of carbonyl (C=O) groups excluding carboxylic acids is 1. The predicted octanol–water partition coefficient (Wildman–Crippen LogP) is 5.88. The summed E-state index contributed by atoms with van der Waals surface area (Å²) in [6.45, 7) is 6.26. The number of carbonyl (C=O) groups is 1. The standard InChI is InChI=1S/C30H33N3O2/c1-23-15-16-24(2)28(22-23)35-21-9-20-33-27-13-7-6-12-26(27)32-29(33)14-8-19-31-30(34)18-17-25-10-4-3-5-11-25/h3-7,10-13,15-18,22H,8-9,14,19-21H2,1-2H3,(H,31,34)/b18-17+. The van der Waals surface area contributed by atoms with Gasteiger partial charge in [0.05, 0.1) is 17.6 Å². The summed E-state index contributed by atoms with van der Waals surface area (Å²) in [5, 5.41) is 2.97. The molecule has 35 heavy (non-hydrogen) atoms. The van der Waals surface area contributed by atoms with E-state index in [1.54, 1.807) is 6.08 Å². The molecule has 1 heterocycles. The Hall–Kier alpha value is -3.86. The molecule has 0 radical (unpaired) electrons. The average molecular weight is 468 g/mol. The van der Waals surface area contributed by atoms with E-state index in [2.05, 4.69) is 60.1 Å². The third kappa shape index (κ3) is 6.82. The number of hydrogen-bond acceptors (Lipinski definition) is 3. The minimum Gasteiger partial charge on any atom is -0.493 e. The van der Waals surface area contributed by atoms with Gasteiger partial charge in [-0.05, 0) is 67.7 Å². The zero-order chi connectivity index (χ0) is 24.5. The number of imidazole rings is 1. The molecule has 1 aromatic heterocycles. The van der Waals surface area contributed by atoms with Crippen LogP contribution in [0, 0.1) is 13.8 Å². The Labute approximate surface area is 207 Å². The van der Waals surface area contributed by atoms with Crippen molar-refractivity contribution in [3.63, 3.8) is 0 Å². The van der Waals surface area contributed by atoms with Crippen LogP contribution >= 0.6 is 0 Å². The first-order valence-corrected chi connectivity index (χ1v) is 12.3. The molecular formula is C30H33N3O2. The molecule has 0 aliphatic rings. The summed E-state index contributed by atoms with van der Waals surface area (Å²) in [5.74, 6) is 1.93. The molecule has 180 valence electrons. The number of aryl methyl sites for hydroxylation is 4. The predicted molar refractivity (Wildman–Crippen MR) is 143 cm³/mol. The van der Waals surface area contributed by atoms with Crippen molar-refractivity contribution < 1.29 is 9.53 Å². The topological polar surface area (TPSA) is 56.1 Å². The van der Waals surface area contributed by atoms with Crippen molar-refractivity contribution in [2.24, 2.45) is 0 Å². The lowest BCUT2D eigenvalue weighted by molar-refractivity contribution is -0.116. The minimum absolute atomic E-state index is 0.0778. The highest BCUT2D eigenvalue weighted by Crippen LogP contribution is 2.20. The van der Waals surface area contributed by atoms with Gasteiger partial charge < -0.3 is 14.6 Å². The van der Waals surface area contributed by atoms with Gasteiger partial charge >= 0.3 is 0 Å². The molecule has 4 rings (SSSR count). The molecule has 4 aromatic rings. The number of rotatable bonds is 11. The smallest absolute Gasteiger partial charge is 0.243 e. The molecular weight excluding hydrogens is 434 g/mol. The van der Waals surface area contributed by atoms with E-state index < -0.39 is 0 Å². The summed E-state index contributed by atoms with van der Waals surface area (Å²) < 4.78 is 8.35. The molecule has 0 bridgehead atoms. The van der Waals surface area contributed by atoms with Crippen molar-refractivity contribution in [2.45, 2.75) is 39.7 Å². The van der Waals surface area contributed by atoms with E-state index >= 15 is 0 Å². The van der Waals surface area contributed by atoms with Crippen molar-refractivity contribution in [1.82, 2.24) is 14.9 Å². The van der Waals surface area contributed by atoms with E-state index in [0.717, 1.165) is 59.5 Å². The summed E-state index contributed by atoms with van der Waals surface area (Å²) >= 11 is 0. The van der Waals surface area contributed by atoms with Gasteiger partial charge in [0.1, 0.15) is 11.6 Å². The lowest BCUT2D eigenvalue weighted by Crippen LogP contribution is -2.22. The third-order valence-corrected chi connectivity index (χ3v) is 5.96. The van der Waals surface area contributed by atoms with Crippen molar-refractivity contribution in [3.8, 4) is 5.75 Å². The Kier molecular flexibility index (Phi) is 8.34. The number of hydrogen-bond donors (Lipinski definition) is 1. The van der Waals surface area contributed by atoms with Gasteiger partial charge in [-0.25, -0.2) is 4.98 Å². The first-order valence-electron chi connectivity index (χ1n) is 12.3. The second-order valence-corrected chi connectivity index (χ2v) is 8.78. The summed E-state index contributed by atoms with van der Waals surface area (Å²) in [5.41, 5.74) is 5.52. The molecule has 5 heteroatoms. The van der Waals surface area contributed by atoms with Crippen molar-refractivity contribution in [3.05, 3.63) is 101 Å². The number of para-hydroxylation sites is 2. The molecule has 0 spiro atoms. The second-order valence-electron chi connectivity index (χ2n) is 8.78. The third-order valence-electron chi connectivity index (χ3n) is 5.96. The first kappa shape index (κ1) is 24.3. The van der Waals surface area contributed by atoms with Crippen LogP contribution in [0.2, 0.25) is 0 Å². The molecule has 0 aliphatic carbocycles. The van der Waals surface area contributed by atoms with Crippen LogP contribution in [-0.2, 0) is 17.8 Å². The maximum atomic E-state index is 12.1. The molecule has 1 amide bonds. The van der Waals surface area contributed by atoms with Gasteiger partial charge in [-0.2, -0.15) is 0 Å². The zero-order valence-corrected chi connectivity index (χ0v) is 20.5. The molecule has 1 N–H and O–H groups in total. The summed E-state index contributed by atoms with van der Waals surface area (Å²) in [7, 11) is 0. The van der Waals surface area contributed by atoms with E-state index in [1.807, 2.05) is 42.5 Å². The lowest BCUT2D eigenvalue weighted by atomic mass is 10.1. The van der Waals surface area contributed by atoms with Crippen LogP contribution < -0.4 is 10.1 Å². The van der Waals surface area contributed by atoms with Gasteiger partial charge in [0.25, 0.3) is 0 Å². The van der Waals surface area contributed by atoms with E-state index in [4.69, 9.17) is 9.72 Å². The lowest BCUT2D eigenvalue weighted by Gasteiger charge is -2.12. The van der Waals surface area contributed by atoms with Gasteiger partial charge in [0, 0.05) is 25.6 Å². The molecule has 5 nitrogen and oxygen atoms in total. The van der Waals surface area contributed by atoms with E-state index in [-0.39, 0.29) is 5.91 Å². The Morgan fingerprint density at radius 1 is 1.00 bits per heavy atom. The highest BCUT2D eigenvalue weighted by Gasteiger charge is 2.10. The summed E-state index contributed by atoms with van der Waals surface area (Å²) in [4.78, 5) is 17.0. The Morgan fingerprint density at radius 2 is 1.80 bits per heavy atom. The van der Waals surface area contributed by atoms with E-state index in [0.29, 0.717) is 13.2 Å². The van der Waals surface area contributed by atoms with Crippen LogP contribution in [-0.4, -0.2) is 28.6 Å². The van der Waals surface area contributed by atoms with E-state index in [9.17, 15) is 4.79 Å². The Balaban J connectivity index is 1.30. The largest absolute Gasteiger partial charge is 0.493 e. The quantitative estimate of drug-likeness (QED) is 0.221. The van der Waals surface area contributed by atoms with Crippen LogP contribution in [0.1, 0.15) is 35.4 Å². The van der Waals surface area contributed by atoms with Crippen LogP contribution in [0.3, 0.4) is 0 Å². The average Bonchev–Trinajstić information content (AvgIpc) is 3.23. The van der Waals surface area contributed by atoms with Gasteiger partial charge in [-0.3, -0.25) is 4.79 Å². The number of aromatic nitrogens is 2. The second kappa shape index (κ2) is 12.0. The van der Waals surface area contributed by atoms with E-state index in [1.165, 1.54) is 5.56 Å². The van der Waals surface area contributed by atoms with Crippen LogP contribution in [0.25, 0.3) is 17.1 Å². The maximum absolute atomic E-state index is 12.1.